The average molecular weight is 395 g/mol. The molecule has 2 atom stereocenters. The molecular formula is C24H30N2O3. The highest BCUT2D eigenvalue weighted by molar-refractivity contribution is 5.94. The van der Waals surface area contributed by atoms with E-state index in [2.05, 4.69) is 17.4 Å². The Bertz CT molecular complexity index is 866. The molecule has 1 heterocycles. The van der Waals surface area contributed by atoms with Crippen LogP contribution in [0.4, 0.5) is 0 Å². The van der Waals surface area contributed by atoms with Crippen LogP contribution in [0.2, 0.25) is 0 Å². The topological polar surface area (TPSA) is 58.6 Å². The van der Waals surface area contributed by atoms with Crippen molar-refractivity contribution in [2.75, 3.05) is 13.1 Å². The molecule has 29 heavy (non-hydrogen) atoms. The summed E-state index contributed by atoms with van der Waals surface area (Å²) in [5.41, 5.74) is 4.97. The number of morpholine rings is 1. The summed E-state index contributed by atoms with van der Waals surface area (Å²) in [6.45, 7) is 9.69. The number of carbonyl (C=O) groups excluding carboxylic acids is 2. The minimum absolute atomic E-state index is 0.00450. The lowest BCUT2D eigenvalue weighted by atomic mass is 10.0. The van der Waals surface area contributed by atoms with E-state index in [1.165, 1.54) is 0 Å². The van der Waals surface area contributed by atoms with Gasteiger partial charge in [0.1, 0.15) is 0 Å². The number of benzene rings is 2. The number of hydrogen-bond acceptors (Lipinski definition) is 3. The van der Waals surface area contributed by atoms with Crippen molar-refractivity contribution in [3.63, 3.8) is 0 Å². The lowest BCUT2D eigenvalue weighted by Crippen LogP contribution is -2.48. The second-order valence-electron chi connectivity index (χ2n) is 8.05. The summed E-state index contributed by atoms with van der Waals surface area (Å²) in [6.07, 6.45) is 0.473. The Morgan fingerprint density at radius 1 is 1.03 bits per heavy atom. The molecule has 2 amide bonds. The SMILES string of the molecule is Cc1ccc(C)c(CC(=O)NCc2ccc(C(=O)N3CC(C)OC(C)C3)cc2)c1. The highest BCUT2D eigenvalue weighted by atomic mass is 16.5. The van der Waals surface area contributed by atoms with E-state index in [0.29, 0.717) is 31.6 Å². The van der Waals surface area contributed by atoms with Crippen LogP contribution in [0.15, 0.2) is 42.5 Å². The van der Waals surface area contributed by atoms with E-state index >= 15 is 0 Å². The van der Waals surface area contributed by atoms with Crippen LogP contribution in [0.5, 0.6) is 0 Å². The van der Waals surface area contributed by atoms with Gasteiger partial charge in [0.05, 0.1) is 18.6 Å². The Balaban J connectivity index is 1.54. The molecule has 0 spiro atoms. The third-order valence-corrected chi connectivity index (χ3v) is 5.25. The van der Waals surface area contributed by atoms with Crippen molar-refractivity contribution in [3.05, 3.63) is 70.3 Å². The van der Waals surface area contributed by atoms with Crippen LogP contribution in [-0.2, 0) is 22.5 Å². The molecule has 2 unspecified atom stereocenters. The van der Waals surface area contributed by atoms with Gasteiger partial charge in [-0.3, -0.25) is 9.59 Å². The van der Waals surface area contributed by atoms with Gasteiger partial charge in [0.15, 0.2) is 0 Å². The largest absolute Gasteiger partial charge is 0.372 e. The Morgan fingerprint density at radius 3 is 2.34 bits per heavy atom. The number of amides is 2. The average Bonchev–Trinajstić information content (AvgIpc) is 2.68. The molecule has 0 aliphatic carbocycles. The molecule has 1 aliphatic rings. The van der Waals surface area contributed by atoms with Crippen molar-refractivity contribution in [2.45, 2.75) is 52.9 Å². The Hall–Kier alpha value is -2.66. The van der Waals surface area contributed by atoms with Crippen molar-refractivity contribution in [1.82, 2.24) is 10.2 Å². The Morgan fingerprint density at radius 2 is 1.69 bits per heavy atom. The number of rotatable bonds is 5. The maximum absolute atomic E-state index is 12.7. The number of ether oxygens (including phenoxy) is 1. The third kappa shape index (κ3) is 5.67. The van der Waals surface area contributed by atoms with Crippen molar-refractivity contribution in [2.24, 2.45) is 0 Å². The minimum Gasteiger partial charge on any atom is -0.372 e. The fourth-order valence-electron chi connectivity index (χ4n) is 3.72. The normalized spacial score (nSPS) is 19.1. The predicted molar refractivity (Wildman–Crippen MR) is 114 cm³/mol. The first-order valence-electron chi connectivity index (χ1n) is 10.2. The molecule has 1 saturated heterocycles. The Labute approximate surface area is 173 Å². The quantitative estimate of drug-likeness (QED) is 0.845. The number of aryl methyl sites for hydroxylation is 2. The first kappa shape index (κ1) is 21.1. The first-order valence-corrected chi connectivity index (χ1v) is 10.2. The standard InChI is InChI=1S/C24H30N2O3/c1-16-5-6-17(2)22(11-16)12-23(27)25-13-20-7-9-21(10-8-20)24(28)26-14-18(3)29-19(4)15-26/h5-11,18-19H,12-15H2,1-4H3,(H,25,27). The summed E-state index contributed by atoms with van der Waals surface area (Å²) in [6, 6.07) is 13.6. The molecule has 154 valence electrons. The number of hydrogen-bond donors (Lipinski definition) is 1. The van der Waals surface area contributed by atoms with Crippen LogP contribution in [0.3, 0.4) is 0 Å². The smallest absolute Gasteiger partial charge is 0.254 e. The van der Waals surface area contributed by atoms with E-state index in [4.69, 9.17) is 4.74 Å². The van der Waals surface area contributed by atoms with Gasteiger partial charge in [0.25, 0.3) is 5.91 Å². The van der Waals surface area contributed by atoms with Gasteiger partial charge in [-0.2, -0.15) is 0 Å². The van der Waals surface area contributed by atoms with Gasteiger partial charge in [-0.25, -0.2) is 0 Å². The molecule has 1 aliphatic heterocycles. The molecule has 5 nitrogen and oxygen atoms in total. The van der Waals surface area contributed by atoms with E-state index in [-0.39, 0.29) is 24.0 Å². The number of carbonyl (C=O) groups is 2. The van der Waals surface area contributed by atoms with Crippen molar-refractivity contribution in [3.8, 4) is 0 Å². The third-order valence-electron chi connectivity index (χ3n) is 5.25. The lowest BCUT2D eigenvalue weighted by Gasteiger charge is -2.35. The summed E-state index contributed by atoms with van der Waals surface area (Å²) >= 11 is 0. The highest BCUT2D eigenvalue weighted by Crippen LogP contribution is 2.15. The van der Waals surface area contributed by atoms with Crippen LogP contribution < -0.4 is 5.32 Å². The van der Waals surface area contributed by atoms with Crippen molar-refractivity contribution >= 4 is 11.8 Å². The van der Waals surface area contributed by atoms with Gasteiger partial charge in [-0.1, -0.05) is 35.9 Å². The van der Waals surface area contributed by atoms with E-state index in [0.717, 1.165) is 22.3 Å². The van der Waals surface area contributed by atoms with Gasteiger partial charge in [-0.15, -0.1) is 0 Å². The maximum atomic E-state index is 12.7. The predicted octanol–water partition coefficient (Wildman–Crippen LogP) is 3.41. The maximum Gasteiger partial charge on any atom is 0.254 e. The van der Waals surface area contributed by atoms with Crippen LogP contribution in [0.1, 0.15) is 46.5 Å². The van der Waals surface area contributed by atoms with E-state index in [9.17, 15) is 9.59 Å². The second kappa shape index (κ2) is 9.23. The fourth-order valence-corrected chi connectivity index (χ4v) is 3.72. The second-order valence-corrected chi connectivity index (χ2v) is 8.05. The molecule has 0 saturated carbocycles. The van der Waals surface area contributed by atoms with Gasteiger partial charge in [0.2, 0.25) is 5.91 Å². The molecule has 0 bridgehead atoms. The summed E-state index contributed by atoms with van der Waals surface area (Å²) in [4.78, 5) is 26.9. The monoisotopic (exact) mass is 394 g/mol. The lowest BCUT2D eigenvalue weighted by molar-refractivity contribution is -0.120. The van der Waals surface area contributed by atoms with E-state index < -0.39 is 0 Å². The summed E-state index contributed by atoms with van der Waals surface area (Å²) in [5, 5.41) is 2.97. The van der Waals surface area contributed by atoms with Crippen LogP contribution in [0, 0.1) is 13.8 Å². The minimum atomic E-state index is -0.00450. The molecule has 3 rings (SSSR count). The van der Waals surface area contributed by atoms with Gasteiger partial charge >= 0.3 is 0 Å². The van der Waals surface area contributed by atoms with Crippen molar-refractivity contribution in [1.29, 1.82) is 0 Å². The fraction of sp³-hybridized carbons (Fsp3) is 0.417. The zero-order valence-corrected chi connectivity index (χ0v) is 17.7. The van der Waals surface area contributed by atoms with E-state index in [1.54, 1.807) is 0 Å². The molecule has 2 aromatic carbocycles. The molecular weight excluding hydrogens is 364 g/mol. The summed E-state index contributed by atoms with van der Waals surface area (Å²) in [5.74, 6) is 0.0210. The molecule has 1 fully saturated rings. The van der Waals surface area contributed by atoms with Crippen LogP contribution in [-0.4, -0.2) is 42.0 Å². The zero-order chi connectivity index (χ0) is 21.0. The molecule has 0 radical (unpaired) electrons. The highest BCUT2D eigenvalue weighted by Gasteiger charge is 2.26. The molecule has 2 aromatic rings. The number of nitrogens with zero attached hydrogens (tertiary/aromatic N) is 1. The summed E-state index contributed by atoms with van der Waals surface area (Å²) < 4.78 is 5.70. The first-order chi connectivity index (χ1) is 13.8. The van der Waals surface area contributed by atoms with Gasteiger partial charge in [-0.05, 0) is 56.5 Å². The van der Waals surface area contributed by atoms with E-state index in [1.807, 2.05) is 62.9 Å². The van der Waals surface area contributed by atoms with Crippen LogP contribution >= 0.6 is 0 Å². The van der Waals surface area contributed by atoms with Crippen molar-refractivity contribution < 1.29 is 14.3 Å². The summed E-state index contributed by atoms with van der Waals surface area (Å²) in [7, 11) is 0. The molecule has 0 aromatic heterocycles. The van der Waals surface area contributed by atoms with Gasteiger partial charge in [0, 0.05) is 25.2 Å². The molecule has 5 heteroatoms. The number of nitrogens with one attached hydrogen (secondary N) is 1. The van der Waals surface area contributed by atoms with Crippen LogP contribution in [0.25, 0.3) is 0 Å². The van der Waals surface area contributed by atoms with Gasteiger partial charge < -0.3 is 15.0 Å². The Kier molecular flexibility index (Phi) is 6.70. The molecule has 1 N–H and O–H groups in total. The zero-order valence-electron chi connectivity index (χ0n) is 17.7.